The van der Waals surface area contributed by atoms with Gasteiger partial charge >= 0.3 is 0 Å². The molecular formula is C12H17N3OS. The summed E-state index contributed by atoms with van der Waals surface area (Å²) in [7, 11) is 3.70. The van der Waals surface area contributed by atoms with Crippen molar-refractivity contribution in [3.8, 4) is 5.75 Å². The molecule has 0 atom stereocenters. The normalized spacial score (nSPS) is 11.0. The van der Waals surface area contributed by atoms with E-state index in [0.717, 1.165) is 40.7 Å². The molecule has 0 aliphatic rings. The van der Waals surface area contributed by atoms with Crippen LogP contribution < -0.4 is 10.5 Å². The lowest BCUT2D eigenvalue weighted by Gasteiger charge is -2.01. The fourth-order valence-corrected chi connectivity index (χ4v) is 2.61. The van der Waals surface area contributed by atoms with E-state index in [0.29, 0.717) is 0 Å². The van der Waals surface area contributed by atoms with Crippen molar-refractivity contribution in [2.45, 2.75) is 11.6 Å². The third-order valence-corrected chi connectivity index (χ3v) is 3.74. The van der Waals surface area contributed by atoms with Crippen LogP contribution in [0.15, 0.2) is 23.4 Å². The number of nitrogens with two attached hydrogens (primary N) is 1. The molecule has 0 saturated heterocycles. The molecule has 0 spiro atoms. The summed E-state index contributed by atoms with van der Waals surface area (Å²) in [4.78, 5) is 4.60. The molecule has 0 aliphatic carbocycles. The molecule has 0 bridgehead atoms. The van der Waals surface area contributed by atoms with Crippen LogP contribution in [0, 0.1) is 0 Å². The second kappa shape index (κ2) is 5.42. The first-order valence-corrected chi connectivity index (χ1v) is 6.58. The number of ether oxygens (including phenoxy) is 1. The molecule has 1 aromatic carbocycles. The Morgan fingerprint density at radius 1 is 1.47 bits per heavy atom. The highest BCUT2D eigenvalue weighted by molar-refractivity contribution is 7.99. The Morgan fingerprint density at radius 2 is 2.29 bits per heavy atom. The van der Waals surface area contributed by atoms with E-state index >= 15 is 0 Å². The summed E-state index contributed by atoms with van der Waals surface area (Å²) in [6, 6.07) is 5.95. The van der Waals surface area contributed by atoms with Gasteiger partial charge in [0.15, 0.2) is 5.16 Å². The number of benzene rings is 1. The Morgan fingerprint density at radius 3 is 3.00 bits per heavy atom. The van der Waals surface area contributed by atoms with E-state index < -0.39 is 0 Å². The largest absolute Gasteiger partial charge is 0.497 e. The van der Waals surface area contributed by atoms with Crippen LogP contribution in [-0.4, -0.2) is 29.0 Å². The first kappa shape index (κ1) is 12.3. The van der Waals surface area contributed by atoms with Crippen LogP contribution in [0.3, 0.4) is 0 Å². The van der Waals surface area contributed by atoms with Gasteiger partial charge in [0.25, 0.3) is 0 Å². The summed E-state index contributed by atoms with van der Waals surface area (Å²) in [5, 5.41) is 1.03. The zero-order valence-electron chi connectivity index (χ0n) is 10.1. The summed E-state index contributed by atoms with van der Waals surface area (Å²) < 4.78 is 7.30. The minimum Gasteiger partial charge on any atom is -0.497 e. The number of thioether (sulfide) groups is 1. The second-order valence-electron chi connectivity index (χ2n) is 3.80. The fourth-order valence-electron chi connectivity index (χ4n) is 1.66. The van der Waals surface area contributed by atoms with Gasteiger partial charge in [0, 0.05) is 18.9 Å². The third-order valence-electron chi connectivity index (χ3n) is 2.63. The number of hydrogen-bond donors (Lipinski definition) is 1. The lowest BCUT2D eigenvalue weighted by molar-refractivity contribution is 0.415. The third kappa shape index (κ3) is 2.56. The molecule has 4 nitrogen and oxygen atoms in total. The van der Waals surface area contributed by atoms with E-state index in [1.165, 1.54) is 0 Å². The van der Waals surface area contributed by atoms with Gasteiger partial charge in [0.1, 0.15) is 5.75 Å². The van der Waals surface area contributed by atoms with Gasteiger partial charge in [-0.3, -0.25) is 0 Å². The number of methoxy groups -OCH3 is 1. The van der Waals surface area contributed by atoms with Crippen molar-refractivity contribution in [1.29, 1.82) is 0 Å². The van der Waals surface area contributed by atoms with E-state index in [-0.39, 0.29) is 0 Å². The molecule has 0 unspecified atom stereocenters. The standard InChI is InChI=1S/C12H17N3OS/c1-15-11-5-4-9(16-2)8-10(11)14-12(15)17-7-3-6-13/h4-5,8H,3,6-7,13H2,1-2H3. The van der Waals surface area contributed by atoms with Crippen molar-refractivity contribution in [2.24, 2.45) is 12.8 Å². The van der Waals surface area contributed by atoms with Crippen LogP contribution >= 0.6 is 11.8 Å². The van der Waals surface area contributed by atoms with Gasteiger partial charge in [-0.1, -0.05) is 11.8 Å². The van der Waals surface area contributed by atoms with Gasteiger partial charge in [-0.15, -0.1) is 0 Å². The Bertz CT molecular complexity index is 510. The Hall–Kier alpha value is -1.20. The number of rotatable bonds is 5. The van der Waals surface area contributed by atoms with Crippen LogP contribution in [0.1, 0.15) is 6.42 Å². The van der Waals surface area contributed by atoms with Gasteiger partial charge in [-0.05, 0) is 25.1 Å². The summed E-state index contributed by atoms with van der Waals surface area (Å²) in [5.41, 5.74) is 7.59. The van der Waals surface area contributed by atoms with Crippen LogP contribution in [0.2, 0.25) is 0 Å². The molecule has 0 fully saturated rings. The van der Waals surface area contributed by atoms with Gasteiger partial charge in [0.2, 0.25) is 0 Å². The van der Waals surface area contributed by atoms with Crippen LogP contribution in [-0.2, 0) is 7.05 Å². The molecule has 2 N–H and O–H groups in total. The van der Waals surface area contributed by atoms with Crippen molar-refractivity contribution in [1.82, 2.24) is 9.55 Å². The molecule has 5 heteroatoms. The van der Waals surface area contributed by atoms with Crippen LogP contribution in [0.5, 0.6) is 5.75 Å². The van der Waals surface area contributed by atoms with Crippen molar-refractivity contribution in [3.05, 3.63) is 18.2 Å². The van der Waals surface area contributed by atoms with Gasteiger partial charge in [-0.2, -0.15) is 0 Å². The summed E-state index contributed by atoms with van der Waals surface area (Å²) >= 11 is 1.74. The summed E-state index contributed by atoms with van der Waals surface area (Å²) in [6.45, 7) is 0.727. The van der Waals surface area contributed by atoms with E-state index in [1.807, 2.05) is 25.2 Å². The summed E-state index contributed by atoms with van der Waals surface area (Å²) in [6.07, 6.45) is 1.01. The number of aromatic nitrogens is 2. The highest BCUT2D eigenvalue weighted by atomic mass is 32.2. The maximum absolute atomic E-state index is 5.49. The lowest BCUT2D eigenvalue weighted by Crippen LogP contribution is -2.00. The molecule has 1 heterocycles. The molecule has 0 radical (unpaired) electrons. The van der Waals surface area contributed by atoms with Crippen LogP contribution in [0.25, 0.3) is 11.0 Å². The zero-order valence-corrected chi connectivity index (χ0v) is 11.0. The predicted molar refractivity (Wildman–Crippen MR) is 71.7 cm³/mol. The molecule has 0 aliphatic heterocycles. The Balaban J connectivity index is 2.28. The van der Waals surface area contributed by atoms with E-state index in [9.17, 15) is 0 Å². The number of fused-ring (bicyclic) bond motifs is 1. The average molecular weight is 251 g/mol. The maximum atomic E-state index is 5.49. The Labute approximate surface area is 105 Å². The van der Waals surface area contributed by atoms with Crippen molar-refractivity contribution < 1.29 is 4.74 Å². The highest BCUT2D eigenvalue weighted by Crippen LogP contribution is 2.25. The molecule has 0 saturated carbocycles. The molecular weight excluding hydrogens is 234 g/mol. The number of hydrogen-bond acceptors (Lipinski definition) is 4. The fraction of sp³-hybridized carbons (Fsp3) is 0.417. The minimum atomic E-state index is 0.727. The number of imidazole rings is 1. The van der Waals surface area contributed by atoms with Gasteiger partial charge in [0.05, 0.1) is 18.1 Å². The van der Waals surface area contributed by atoms with E-state index in [4.69, 9.17) is 10.5 Å². The first-order valence-electron chi connectivity index (χ1n) is 5.59. The second-order valence-corrected chi connectivity index (χ2v) is 4.86. The lowest BCUT2D eigenvalue weighted by atomic mass is 10.3. The number of nitrogens with zero attached hydrogens (tertiary/aromatic N) is 2. The van der Waals surface area contributed by atoms with E-state index in [1.54, 1.807) is 18.9 Å². The smallest absolute Gasteiger partial charge is 0.168 e. The average Bonchev–Trinajstić information content (AvgIpc) is 2.66. The number of aryl methyl sites for hydroxylation is 1. The molecule has 17 heavy (non-hydrogen) atoms. The molecule has 1 aromatic heterocycles. The molecule has 0 amide bonds. The SMILES string of the molecule is COc1ccc2c(c1)nc(SCCCN)n2C. The maximum Gasteiger partial charge on any atom is 0.168 e. The van der Waals surface area contributed by atoms with E-state index in [2.05, 4.69) is 9.55 Å². The molecule has 2 rings (SSSR count). The molecule has 92 valence electrons. The van der Waals surface area contributed by atoms with Gasteiger partial charge in [-0.25, -0.2) is 4.98 Å². The monoisotopic (exact) mass is 251 g/mol. The quantitative estimate of drug-likeness (QED) is 0.652. The van der Waals surface area contributed by atoms with Crippen molar-refractivity contribution in [2.75, 3.05) is 19.4 Å². The predicted octanol–water partition coefficient (Wildman–Crippen LogP) is 2.02. The summed E-state index contributed by atoms with van der Waals surface area (Å²) in [5.74, 6) is 1.85. The van der Waals surface area contributed by atoms with Crippen molar-refractivity contribution in [3.63, 3.8) is 0 Å². The first-order chi connectivity index (χ1) is 8.26. The van der Waals surface area contributed by atoms with Crippen LogP contribution in [0.4, 0.5) is 0 Å². The van der Waals surface area contributed by atoms with Crippen molar-refractivity contribution >= 4 is 22.8 Å². The highest BCUT2D eigenvalue weighted by Gasteiger charge is 2.08. The minimum absolute atomic E-state index is 0.727. The van der Waals surface area contributed by atoms with Gasteiger partial charge < -0.3 is 15.0 Å². The molecule has 2 aromatic rings. The Kier molecular flexibility index (Phi) is 3.91. The zero-order chi connectivity index (χ0) is 12.3. The topological polar surface area (TPSA) is 53.1 Å².